The second-order valence-electron chi connectivity index (χ2n) is 9.95. The van der Waals surface area contributed by atoms with E-state index in [9.17, 15) is 5.11 Å². The Labute approximate surface area is 163 Å². The van der Waals surface area contributed by atoms with E-state index in [2.05, 4.69) is 74.1 Å². The van der Waals surface area contributed by atoms with Crippen molar-refractivity contribution in [3.05, 3.63) is 35.5 Å². The summed E-state index contributed by atoms with van der Waals surface area (Å²) in [6.07, 6.45) is 11.7. The summed E-state index contributed by atoms with van der Waals surface area (Å²) in [6, 6.07) is 0. The quantitative estimate of drug-likeness (QED) is 0.452. The molecule has 0 radical (unpaired) electrons. The van der Waals surface area contributed by atoms with Gasteiger partial charge in [0.15, 0.2) is 0 Å². The van der Waals surface area contributed by atoms with Gasteiger partial charge in [-0.1, -0.05) is 86.5 Å². The zero-order valence-electron chi connectivity index (χ0n) is 18.8. The Bertz CT molecular complexity index is 547. The molecule has 0 fully saturated rings. The van der Waals surface area contributed by atoms with Crippen molar-refractivity contribution in [1.82, 2.24) is 0 Å². The molecule has 0 spiro atoms. The fraction of sp³-hybridized carbons (Fsp3) is 0.760. The molecule has 0 amide bonds. The Balaban J connectivity index is 3.20. The number of aliphatic hydroxyl groups is 1. The maximum Gasteiger partial charge on any atom is 0.0470 e. The van der Waals surface area contributed by atoms with Crippen LogP contribution in [0.15, 0.2) is 35.5 Å². The lowest BCUT2D eigenvalue weighted by Crippen LogP contribution is -2.43. The molecule has 0 aromatic heterocycles. The molecule has 0 aromatic rings. The molecule has 1 nitrogen and oxygen atoms in total. The molecule has 1 heteroatoms. The van der Waals surface area contributed by atoms with Gasteiger partial charge in [0.2, 0.25) is 0 Å². The molecule has 1 aliphatic carbocycles. The molecule has 1 aliphatic rings. The molecular formula is C25H44O. The van der Waals surface area contributed by atoms with Crippen LogP contribution in [-0.4, -0.2) is 11.7 Å². The molecule has 1 N–H and O–H groups in total. The molecule has 0 aliphatic heterocycles. The summed E-state index contributed by atoms with van der Waals surface area (Å²) in [7, 11) is 0. The van der Waals surface area contributed by atoms with E-state index in [1.54, 1.807) is 0 Å². The molecule has 150 valence electrons. The van der Waals surface area contributed by atoms with Gasteiger partial charge >= 0.3 is 0 Å². The Morgan fingerprint density at radius 1 is 1.19 bits per heavy atom. The Morgan fingerprint density at radius 3 is 2.31 bits per heavy atom. The van der Waals surface area contributed by atoms with E-state index in [0.29, 0.717) is 0 Å². The SMILES string of the molecule is C=C(/C(C)=C1/C=CC(C)(C(C)(C)CCC)[C@H](CO)C1)C(C)(C)CCCC. The van der Waals surface area contributed by atoms with Crippen molar-refractivity contribution in [3.8, 4) is 0 Å². The smallest absolute Gasteiger partial charge is 0.0470 e. The first-order valence-electron chi connectivity index (χ1n) is 10.7. The first kappa shape index (κ1) is 23.2. The maximum absolute atomic E-state index is 10.2. The molecule has 0 saturated heterocycles. The molecule has 0 saturated carbocycles. The van der Waals surface area contributed by atoms with Crippen LogP contribution in [0.4, 0.5) is 0 Å². The summed E-state index contributed by atoms with van der Waals surface area (Å²) in [5.41, 5.74) is 4.30. The average Bonchev–Trinajstić information content (AvgIpc) is 2.58. The topological polar surface area (TPSA) is 20.2 Å². The van der Waals surface area contributed by atoms with Crippen LogP contribution in [0.5, 0.6) is 0 Å². The van der Waals surface area contributed by atoms with Crippen LogP contribution in [0, 0.1) is 22.2 Å². The third-order valence-electron chi connectivity index (χ3n) is 7.41. The van der Waals surface area contributed by atoms with E-state index in [1.807, 2.05) is 0 Å². The summed E-state index contributed by atoms with van der Waals surface area (Å²) >= 11 is 0. The van der Waals surface area contributed by atoms with Crippen LogP contribution in [0.25, 0.3) is 0 Å². The lowest BCUT2D eigenvalue weighted by molar-refractivity contribution is 0.0237. The Morgan fingerprint density at radius 2 is 1.81 bits per heavy atom. The molecule has 0 aromatic carbocycles. The van der Waals surface area contributed by atoms with Crippen molar-refractivity contribution in [2.24, 2.45) is 22.2 Å². The standard InChI is InChI=1S/C25H44O/c1-10-12-15-23(5,6)20(4)19(3)21-13-16-25(9,22(17-21)18-26)24(7,8)14-11-2/h13,16,22,26H,4,10-12,14-15,17-18H2,1-3,5-9H3/b21-19-/t22-,25?/m0/s1. The third-order valence-corrected chi connectivity index (χ3v) is 7.41. The minimum absolute atomic E-state index is 0.0284. The summed E-state index contributed by atoms with van der Waals surface area (Å²) < 4.78 is 0. The Kier molecular flexibility index (Phi) is 7.96. The number of hydrogen-bond donors (Lipinski definition) is 1. The molecule has 26 heavy (non-hydrogen) atoms. The third kappa shape index (κ3) is 4.71. The lowest BCUT2D eigenvalue weighted by Gasteiger charge is -2.50. The monoisotopic (exact) mass is 360 g/mol. The summed E-state index contributed by atoms with van der Waals surface area (Å²) in [6.45, 7) is 23.1. The van der Waals surface area contributed by atoms with E-state index in [0.717, 1.165) is 6.42 Å². The summed E-state index contributed by atoms with van der Waals surface area (Å²) in [5.74, 6) is 0.269. The van der Waals surface area contributed by atoms with Gasteiger partial charge < -0.3 is 5.11 Å². The molecule has 2 atom stereocenters. The molecule has 1 unspecified atom stereocenters. The lowest BCUT2D eigenvalue weighted by atomic mass is 9.55. The van der Waals surface area contributed by atoms with Crippen LogP contribution in [0.2, 0.25) is 0 Å². The molecule has 0 heterocycles. The van der Waals surface area contributed by atoms with Crippen LogP contribution >= 0.6 is 0 Å². The Hall–Kier alpha value is -0.820. The summed E-state index contributed by atoms with van der Waals surface area (Å²) in [4.78, 5) is 0. The molecule has 1 rings (SSSR count). The fourth-order valence-corrected chi connectivity index (χ4v) is 4.63. The minimum Gasteiger partial charge on any atom is -0.396 e. The van der Waals surface area contributed by atoms with Gasteiger partial charge in [-0.2, -0.15) is 0 Å². The van der Waals surface area contributed by atoms with Gasteiger partial charge in [-0.15, -0.1) is 0 Å². The summed E-state index contributed by atoms with van der Waals surface area (Å²) in [5, 5.41) is 10.2. The van der Waals surface area contributed by atoms with Crippen molar-refractivity contribution in [2.75, 3.05) is 6.61 Å². The van der Waals surface area contributed by atoms with Crippen molar-refractivity contribution in [1.29, 1.82) is 0 Å². The minimum atomic E-state index is 0.0284. The number of allylic oxidation sites excluding steroid dienone is 5. The van der Waals surface area contributed by atoms with E-state index >= 15 is 0 Å². The van der Waals surface area contributed by atoms with Crippen molar-refractivity contribution in [3.63, 3.8) is 0 Å². The zero-order valence-corrected chi connectivity index (χ0v) is 18.8. The van der Waals surface area contributed by atoms with Gasteiger partial charge in [-0.3, -0.25) is 0 Å². The van der Waals surface area contributed by atoms with Gasteiger partial charge in [0.1, 0.15) is 0 Å². The van der Waals surface area contributed by atoms with Gasteiger partial charge in [0, 0.05) is 6.61 Å². The van der Waals surface area contributed by atoms with E-state index in [4.69, 9.17) is 0 Å². The largest absolute Gasteiger partial charge is 0.396 e. The second-order valence-corrected chi connectivity index (χ2v) is 9.95. The van der Waals surface area contributed by atoms with Crippen LogP contribution < -0.4 is 0 Å². The molecule has 0 bridgehead atoms. The zero-order chi connectivity index (χ0) is 20.2. The van der Waals surface area contributed by atoms with E-state index in [1.165, 1.54) is 48.8 Å². The van der Waals surface area contributed by atoms with Crippen LogP contribution in [0.1, 0.15) is 93.9 Å². The van der Waals surface area contributed by atoms with Gasteiger partial charge in [0.25, 0.3) is 0 Å². The molecular weight excluding hydrogens is 316 g/mol. The first-order chi connectivity index (χ1) is 12.0. The van der Waals surface area contributed by atoms with Gasteiger partial charge in [-0.05, 0) is 65.1 Å². The first-order valence-corrected chi connectivity index (χ1v) is 10.7. The van der Waals surface area contributed by atoms with E-state index < -0.39 is 0 Å². The van der Waals surface area contributed by atoms with Crippen molar-refractivity contribution < 1.29 is 5.11 Å². The average molecular weight is 361 g/mol. The number of hydrogen-bond acceptors (Lipinski definition) is 1. The van der Waals surface area contributed by atoms with E-state index in [-0.39, 0.29) is 28.8 Å². The van der Waals surface area contributed by atoms with Crippen LogP contribution in [0.3, 0.4) is 0 Å². The van der Waals surface area contributed by atoms with Crippen LogP contribution in [-0.2, 0) is 0 Å². The van der Waals surface area contributed by atoms with Crippen molar-refractivity contribution in [2.45, 2.75) is 93.9 Å². The van der Waals surface area contributed by atoms with Gasteiger partial charge in [-0.25, -0.2) is 0 Å². The fourth-order valence-electron chi connectivity index (χ4n) is 4.63. The highest BCUT2D eigenvalue weighted by molar-refractivity contribution is 5.42. The number of aliphatic hydroxyl groups excluding tert-OH is 1. The predicted molar refractivity (Wildman–Crippen MR) is 116 cm³/mol. The predicted octanol–water partition coefficient (Wildman–Crippen LogP) is 7.48. The number of rotatable bonds is 9. The highest BCUT2D eigenvalue weighted by Crippen LogP contribution is 2.53. The van der Waals surface area contributed by atoms with Crippen molar-refractivity contribution >= 4 is 0 Å². The highest BCUT2D eigenvalue weighted by atomic mass is 16.3. The van der Waals surface area contributed by atoms with Gasteiger partial charge in [0.05, 0.1) is 0 Å². The normalized spacial score (nSPS) is 26.1. The number of unbranched alkanes of at least 4 members (excludes halogenated alkanes) is 1. The maximum atomic E-state index is 10.2. The highest BCUT2D eigenvalue weighted by Gasteiger charge is 2.45. The second kappa shape index (κ2) is 8.91.